The number of benzene rings is 1. The zero-order chi connectivity index (χ0) is 14.8. The summed E-state index contributed by atoms with van der Waals surface area (Å²) in [7, 11) is 1.88. The quantitative estimate of drug-likeness (QED) is 0.870. The molecule has 1 aromatic heterocycles. The monoisotopic (exact) mass is 321 g/mol. The second-order valence-electron chi connectivity index (χ2n) is 4.64. The normalized spacial score (nSPS) is 16.3. The Balaban J connectivity index is 1.72. The van der Waals surface area contributed by atoms with E-state index in [9.17, 15) is 0 Å². The smallest absolute Gasteiger partial charge is 0.162 e. The Hall–Kier alpha value is -1.97. The van der Waals surface area contributed by atoms with E-state index < -0.39 is 0 Å². The molecule has 0 aliphatic carbocycles. The second kappa shape index (κ2) is 5.80. The van der Waals surface area contributed by atoms with Crippen LogP contribution in [0.4, 0.5) is 5.00 Å². The maximum atomic E-state index is 9.12. The van der Waals surface area contributed by atoms with Crippen molar-refractivity contribution in [3.8, 4) is 17.6 Å². The summed E-state index contributed by atoms with van der Waals surface area (Å²) in [6.07, 6.45) is -0.114. The second-order valence-corrected chi connectivity index (χ2v) is 5.75. The number of hydrogen-bond donors (Lipinski definition) is 0. The third-order valence-electron chi connectivity index (χ3n) is 3.14. The highest BCUT2D eigenvalue weighted by atomic mass is 35.5. The van der Waals surface area contributed by atoms with Crippen molar-refractivity contribution < 1.29 is 9.47 Å². The van der Waals surface area contributed by atoms with Crippen LogP contribution >= 0.6 is 23.1 Å². The van der Waals surface area contributed by atoms with E-state index >= 15 is 0 Å². The minimum atomic E-state index is -0.114. The predicted octanol–water partition coefficient (Wildman–Crippen LogP) is 2.94. The van der Waals surface area contributed by atoms with Crippen molar-refractivity contribution in [2.75, 3.05) is 25.1 Å². The van der Waals surface area contributed by atoms with E-state index in [1.807, 2.05) is 36.2 Å². The molecule has 21 heavy (non-hydrogen) atoms. The summed E-state index contributed by atoms with van der Waals surface area (Å²) < 4.78 is 15.6. The van der Waals surface area contributed by atoms with Crippen LogP contribution in [0, 0.1) is 11.3 Å². The van der Waals surface area contributed by atoms with Crippen LogP contribution in [0.5, 0.6) is 11.5 Å². The molecule has 0 N–H and O–H groups in total. The molecule has 7 heteroatoms. The lowest BCUT2D eigenvalue weighted by atomic mass is 10.2. The molecule has 1 aliphatic heterocycles. The van der Waals surface area contributed by atoms with Gasteiger partial charge < -0.3 is 14.4 Å². The molecule has 2 heterocycles. The number of halogens is 1. The number of rotatable bonds is 3. The number of nitriles is 1. The van der Waals surface area contributed by atoms with E-state index in [1.165, 1.54) is 11.5 Å². The molecule has 1 atom stereocenters. The van der Waals surface area contributed by atoms with Crippen molar-refractivity contribution in [2.45, 2.75) is 6.10 Å². The number of aromatic nitrogens is 1. The molecule has 0 radical (unpaired) electrons. The van der Waals surface area contributed by atoms with Crippen LogP contribution in [0.15, 0.2) is 24.3 Å². The molecule has 0 amide bonds. The number of likely N-dealkylation sites (N-methyl/N-ethyl adjacent to an activating group) is 1. The third kappa shape index (κ3) is 2.75. The van der Waals surface area contributed by atoms with Crippen molar-refractivity contribution in [1.82, 2.24) is 4.37 Å². The third-order valence-corrected chi connectivity index (χ3v) is 4.47. The molecule has 0 unspecified atom stereocenters. The van der Waals surface area contributed by atoms with Crippen LogP contribution in [0.25, 0.3) is 0 Å². The minimum Gasteiger partial charge on any atom is -0.486 e. The summed E-state index contributed by atoms with van der Waals surface area (Å²) in [4.78, 5) is 1.92. The van der Waals surface area contributed by atoms with Crippen LogP contribution in [-0.4, -0.2) is 30.7 Å². The van der Waals surface area contributed by atoms with E-state index in [-0.39, 0.29) is 11.3 Å². The van der Waals surface area contributed by atoms with Crippen LogP contribution in [0.3, 0.4) is 0 Å². The maximum Gasteiger partial charge on any atom is 0.162 e. The van der Waals surface area contributed by atoms with Crippen molar-refractivity contribution in [3.05, 3.63) is 35.0 Å². The van der Waals surface area contributed by atoms with E-state index in [0.29, 0.717) is 18.7 Å². The fourth-order valence-corrected chi connectivity index (χ4v) is 3.16. The molecule has 2 aromatic rings. The van der Waals surface area contributed by atoms with Crippen molar-refractivity contribution in [3.63, 3.8) is 0 Å². The highest BCUT2D eigenvalue weighted by Gasteiger charge is 2.24. The Labute approximate surface area is 131 Å². The van der Waals surface area contributed by atoms with Gasteiger partial charge in [0.25, 0.3) is 0 Å². The van der Waals surface area contributed by atoms with Gasteiger partial charge in [-0.2, -0.15) is 9.64 Å². The molecule has 3 rings (SSSR count). The summed E-state index contributed by atoms with van der Waals surface area (Å²) in [5.74, 6) is 1.50. The molecule has 5 nitrogen and oxygen atoms in total. The molecule has 1 aromatic carbocycles. The van der Waals surface area contributed by atoms with Gasteiger partial charge in [0.1, 0.15) is 23.2 Å². The molecule has 0 spiro atoms. The SMILES string of the molecule is CN(C[C@H]1COc2ccccc2O1)c1snc(Cl)c1C#N. The summed E-state index contributed by atoms with van der Waals surface area (Å²) in [6, 6.07) is 9.66. The fraction of sp³-hybridized carbons (Fsp3) is 0.286. The fourth-order valence-electron chi connectivity index (χ4n) is 2.16. The topological polar surface area (TPSA) is 58.4 Å². The first kappa shape index (κ1) is 14.0. The Bertz CT molecular complexity index is 698. The molecule has 0 fully saturated rings. The Morgan fingerprint density at radius 1 is 1.48 bits per heavy atom. The maximum absolute atomic E-state index is 9.12. The summed E-state index contributed by atoms with van der Waals surface area (Å²) >= 11 is 7.10. The first-order valence-electron chi connectivity index (χ1n) is 6.34. The highest BCUT2D eigenvalue weighted by Crippen LogP contribution is 2.33. The number of para-hydroxylation sites is 2. The number of fused-ring (bicyclic) bond motifs is 1. The van der Waals surface area contributed by atoms with Crippen molar-refractivity contribution >= 4 is 28.1 Å². The number of ether oxygens (including phenoxy) is 2. The first-order chi connectivity index (χ1) is 10.2. The van der Waals surface area contributed by atoms with Gasteiger partial charge in [0, 0.05) is 7.05 Å². The average Bonchev–Trinajstić information content (AvgIpc) is 2.88. The molecular formula is C14H12ClN3O2S. The van der Waals surface area contributed by atoms with Gasteiger partial charge in [0.2, 0.25) is 0 Å². The standard InChI is InChI=1S/C14H12ClN3O2S/c1-18(14-10(6-16)13(15)17-21-14)7-9-8-19-11-4-2-3-5-12(11)20-9/h2-5,9H,7-8H2,1H3/t9-/m0/s1. The number of hydrogen-bond acceptors (Lipinski definition) is 6. The minimum absolute atomic E-state index is 0.114. The van der Waals surface area contributed by atoms with E-state index in [2.05, 4.69) is 10.4 Å². The molecular weight excluding hydrogens is 310 g/mol. The Morgan fingerprint density at radius 2 is 2.24 bits per heavy atom. The summed E-state index contributed by atoms with van der Waals surface area (Å²) in [5.41, 5.74) is 0.404. The zero-order valence-electron chi connectivity index (χ0n) is 11.2. The lowest BCUT2D eigenvalue weighted by Gasteiger charge is -2.29. The van der Waals surface area contributed by atoms with E-state index in [0.717, 1.165) is 16.5 Å². The number of nitrogens with zero attached hydrogens (tertiary/aromatic N) is 3. The Morgan fingerprint density at radius 3 is 3.00 bits per heavy atom. The van der Waals surface area contributed by atoms with Crippen LogP contribution in [-0.2, 0) is 0 Å². The Kier molecular flexibility index (Phi) is 3.86. The lowest BCUT2D eigenvalue weighted by Crippen LogP contribution is -2.39. The largest absolute Gasteiger partial charge is 0.486 e. The van der Waals surface area contributed by atoms with Gasteiger partial charge in [-0.3, -0.25) is 0 Å². The number of anilines is 1. The average molecular weight is 322 g/mol. The molecule has 0 saturated heterocycles. The van der Waals surface area contributed by atoms with Crippen molar-refractivity contribution in [2.24, 2.45) is 0 Å². The van der Waals surface area contributed by atoms with Crippen molar-refractivity contribution in [1.29, 1.82) is 5.26 Å². The van der Waals surface area contributed by atoms with Gasteiger partial charge in [-0.1, -0.05) is 23.7 Å². The highest BCUT2D eigenvalue weighted by molar-refractivity contribution is 7.10. The van der Waals surface area contributed by atoms with Crippen LogP contribution in [0.2, 0.25) is 5.15 Å². The molecule has 0 saturated carbocycles. The van der Waals surface area contributed by atoms with E-state index in [4.69, 9.17) is 26.3 Å². The predicted molar refractivity (Wildman–Crippen MR) is 81.5 cm³/mol. The first-order valence-corrected chi connectivity index (χ1v) is 7.49. The van der Waals surface area contributed by atoms with Gasteiger partial charge in [-0.25, -0.2) is 0 Å². The molecule has 108 valence electrons. The van der Waals surface area contributed by atoms with Crippen LogP contribution < -0.4 is 14.4 Å². The van der Waals surface area contributed by atoms with Gasteiger partial charge in [0.05, 0.1) is 6.54 Å². The lowest BCUT2D eigenvalue weighted by molar-refractivity contribution is 0.0961. The van der Waals surface area contributed by atoms with Gasteiger partial charge in [-0.05, 0) is 23.7 Å². The summed E-state index contributed by atoms with van der Waals surface area (Å²) in [6.45, 7) is 1.05. The zero-order valence-corrected chi connectivity index (χ0v) is 12.8. The van der Waals surface area contributed by atoms with Gasteiger partial charge in [0.15, 0.2) is 22.8 Å². The summed E-state index contributed by atoms with van der Waals surface area (Å²) in [5, 5.41) is 10.1. The van der Waals surface area contributed by atoms with Gasteiger partial charge >= 0.3 is 0 Å². The van der Waals surface area contributed by atoms with Crippen LogP contribution in [0.1, 0.15) is 5.56 Å². The molecule has 1 aliphatic rings. The van der Waals surface area contributed by atoms with Gasteiger partial charge in [-0.15, -0.1) is 0 Å². The van der Waals surface area contributed by atoms with E-state index in [1.54, 1.807) is 0 Å². The molecule has 0 bridgehead atoms.